The number of rotatable bonds is 5. The average Bonchev–Trinajstić information content (AvgIpc) is 2.21. The molecule has 1 rings (SSSR count). The van der Waals surface area contributed by atoms with Gasteiger partial charge in [0.25, 0.3) is 0 Å². The highest BCUT2D eigenvalue weighted by Crippen LogP contribution is 2.17. The first-order valence-electron chi connectivity index (χ1n) is 5.33. The van der Waals surface area contributed by atoms with Crippen molar-refractivity contribution in [2.45, 2.75) is 25.8 Å². The van der Waals surface area contributed by atoms with Gasteiger partial charge in [0.2, 0.25) is 5.91 Å². The summed E-state index contributed by atoms with van der Waals surface area (Å²) in [6.07, 6.45) is -0.0400. The van der Waals surface area contributed by atoms with E-state index in [4.69, 9.17) is 5.11 Å². The maximum absolute atomic E-state index is 13.0. The quantitative estimate of drug-likeness (QED) is 0.874. The Hall–Kier alpha value is -1.43. The van der Waals surface area contributed by atoms with Crippen LogP contribution < -0.4 is 5.32 Å². The van der Waals surface area contributed by atoms with Crippen molar-refractivity contribution in [3.63, 3.8) is 0 Å². The van der Waals surface area contributed by atoms with Crippen molar-refractivity contribution >= 4 is 27.8 Å². The molecule has 0 aliphatic rings. The van der Waals surface area contributed by atoms with Crippen LogP contribution in [0.3, 0.4) is 0 Å². The van der Waals surface area contributed by atoms with Gasteiger partial charge in [-0.05, 0) is 40.5 Å². The zero-order chi connectivity index (χ0) is 13.7. The number of halogens is 2. The molecule has 0 aliphatic heterocycles. The Morgan fingerprint density at radius 3 is 2.72 bits per heavy atom. The Balaban J connectivity index is 2.54. The molecule has 0 radical (unpaired) electrons. The van der Waals surface area contributed by atoms with E-state index in [0.29, 0.717) is 10.0 Å². The summed E-state index contributed by atoms with van der Waals surface area (Å²) in [4.78, 5) is 22.0. The molecule has 2 N–H and O–H groups in total. The fourth-order valence-electron chi connectivity index (χ4n) is 1.47. The summed E-state index contributed by atoms with van der Waals surface area (Å²) in [6, 6.07) is 3.88. The van der Waals surface area contributed by atoms with Crippen molar-refractivity contribution in [1.82, 2.24) is 5.32 Å². The van der Waals surface area contributed by atoms with E-state index in [1.807, 2.05) is 0 Å². The highest BCUT2D eigenvalue weighted by molar-refractivity contribution is 9.10. The van der Waals surface area contributed by atoms with Crippen LogP contribution in [0.15, 0.2) is 22.7 Å². The minimum Gasteiger partial charge on any atom is -0.481 e. The standard InChI is InChI=1S/C12H13BrFNO3/c1-7(4-12(17)18)15-11(16)6-8-2-3-10(14)9(13)5-8/h2-3,5,7H,4,6H2,1H3,(H,15,16)(H,17,18). The topological polar surface area (TPSA) is 66.4 Å². The number of carbonyl (C=O) groups is 2. The van der Waals surface area contributed by atoms with Crippen LogP contribution in [-0.2, 0) is 16.0 Å². The number of carboxylic acids is 1. The third-order valence-electron chi connectivity index (χ3n) is 2.24. The Labute approximate surface area is 112 Å². The predicted molar refractivity (Wildman–Crippen MR) is 67.7 cm³/mol. The lowest BCUT2D eigenvalue weighted by Gasteiger charge is -2.11. The van der Waals surface area contributed by atoms with Gasteiger partial charge in [0.1, 0.15) is 5.82 Å². The molecule has 0 spiro atoms. The number of amides is 1. The summed E-state index contributed by atoms with van der Waals surface area (Å²) in [5.41, 5.74) is 0.656. The molecule has 6 heteroatoms. The SMILES string of the molecule is CC(CC(=O)O)NC(=O)Cc1ccc(F)c(Br)c1. The van der Waals surface area contributed by atoms with Crippen LogP contribution in [0.2, 0.25) is 0 Å². The van der Waals surface area contributed by atoms with E-state index in [2.05, 4.69) is 21.2 Å². The molecular weight excluding hydrogens is 305 g/mol. The van der Waals surface area contributed by atoms with Crippen LogP contribution in [0.1, 0.15) is 18.9 Å². The normalized spacial score (nSPS) is 11.9. The Morgan fingerprint density at radius 1 is 1.50 bits per heavy atom. The number of hydrogen-bond donors (Lipinski definition) is 2. The number of carboxylic acid groups (broad SMARTS) is 1. The van der Waals surface area contributed by atoms with Gasteiger partial charge in [0.05, 0.1) is 17.3 Å². The van der Waals surface area contributed by atoms with Gasteiger partial charge < -0.3 is 10.4 Å². The zero-order valence-corrected chi connectivity index (χ0v) is 11.3. The first-order valence-corrected chi connectivity index (χ1v) is 6.13. The zero-order valence-electron chi connectivity index (χ0n) is 9.74. The highest BCUT2D eigenvalue weighted by Gasteiger charge is 2.12. The van der Waals surface area contributed by atoms with Crippen LogP contribution in [0.5, 0.6) is 0 Å². The second-order valence-electron chi connectivity index (χ2n) is 3.99. The van der Waals surface area contributed by atoms with E-state index in [-0.39, 0.29) is 18.7 Å². The number of hydrogen-bond acceptors (Lipinski definition) is 2. The average molecular weight is 318 g/mol. The highest BCUT2D eigenvalue weighted by atomic mass is 79.9. The summed E-state index contributed by atoms with van der Waals surface area (Å²) < 4.78 is 13.3. The summed E-state index contributed by atoms with van der Waals surface area (Å²) in [5, 5.41) is 11.1. The molecular formula is C12H13BrFNO3. The maximum atomic E-state index is 13.0. The van der Waals surface area contributed by atoms with E-state index >= 15 is 0 Å². The molecule has 0 fully saturated rings. The van der Waals surface area contributed by atoms with Crippen LogP contribution in [-0.4, -0.2) is 23.0 Å². The van der Waals surface area contributed by atoms with Crippen molar-refractivity contribution in [3.8, 4) is 0 Å². The van der Waals surface area contributed by atoms with Gasteiger partial charge in [-0.15, -0.1) is 0 Å². The van der Waals surface area contributed by atoms with Crippen molar-refractivity contribution in [2.24, 2.45) is 0 Å². The molecule has 0 aromatic heterocycles. The minimum absolute atomic E-state index is 0.0861. The monoisotopic (exact) mass is 317 g/mol. The fraction of sp³-hybridized carbons (Fsp3) is 0.333. The lowest BCUT2D eigenvalue weighted by molar-refractivity contribution is -0.137. The molecule has 0 bridgehead atoms. The van der Waals surface area contributed by atoms with Gasteiger partial charge in [-0.25, -0.2) is 4.39 Å². The van der Waals surface area contributed by atoms with Crippen molar-refractivity contribution in [3.05, 3.63) is 34.1 Å². The van der Waals surface area contributed by atoms with Gasteiger partial charge in [0.15, 0.2) is 0 Å². The largest absolute Gasteiger partial charge is 0.481 e. The fourth-order valence-corrected chi connectivity index (χ4v) is 1.90. The smallest absolute Gasteiger partial charge is 0.305 e. The molecule has 0 saturated carbocycles. The number of nitrogens with one attached hydrogen (secondary N) is 1. The Bertz CT molecular complexity index is 465. The number of aliphatic carboxylic acids is 1. The molecule has 18 heavy (non-hydrogen) atoms. The lowest BCUT2D eigenvalue weighted by atomic mass is 10.1. The first kappa shape index (κ1) is 14.6. The summed E-state index contributed by atoms with van der Waals surface area (Å²) >= 11 is 3.04. The van der Waals surface area contributed by atoms with Gasteiger partial charge in [-0.1, -0.05) is 6.07 Å². The van der Waals surface area contributed by atoms with Crippen molar-refractivity contribution in [1.29, 1.82) is 0 Å². The minimum atomic E-state index is -0.965. The van der Waals surface area contributed by atoms with E-state index in [1.165, 1.54) is 18.2 Å². The molecule has 1 atom stereocenters. The van der Waals surface area contributed by atoms with E-state index < -0.39 is 17.8 Å². The van der Waals surface area contributed by atoms with Gasteiger partial charge in [0, 0.05) is 6.04 Å². The molecule has 98 valence electrons. The van der Waals surface area contributed by atoms with Crippen molar-refractivity contribution < 1.29 is 19.1 Å². The third-order valence-corrected chi connectivity index (χ3v) is 2.84. The van der Waals surface area contributed by atoms with E-state index in [1.54, 1.807) is 6.92 Å². The number of carbonyl (C=O) groups excluding carboxylic acids is 1. The molecule has 1 aromatic carbocycles. The summed E-state index contributed by atoms with van der Waals surface area (Å²) in [7, 11) is 0. The molecule has 0 heterocycles. The molecule has 4 nitrogen and oxygen atoms in total. The molecule has 0 aliphatic carbocycles. The first-order chi connectivity index (χ1) is 8.38. The maximum Gasteiger partial charge on any atom is 0.305 e. The Morgan fingerprint density at radius 2 is 2.17 bits per heavy atom. The number of benzene rings is 1. The van der Waals surface area contributed by atoms with Crippen molar-refractivity contribution in [2.75, 3.05) is 0 Å². The van der Waals surface area contributed by atoms with Gasteiger partial charge in [-0.2, -0.15) is 0 Å². The summed E-state index contributed by atoms with van der Waals surface area (Å²) in [5.74, 6) is -1.65. The van der Waals surface area contributed by atoms with Gasteiger partial charge >= 0.3 is 5.97 Å². The second kappa shape index (κ2) is 6.49. The van der Waals surface area contributed by atoms with Crippen LogP contribution in [0.4, 0.5) is 4.39 Å². The Kier molecular flexibility index (Phi) is 5.27. The van der Waals surface area contributed by atoms with Crippen LogP contribution in [0.25, 0.3) is 0 Å². The van der Waals surface area contributed by atoms with Crippen LogP contribution in [0, 0.1) is 5.82 Å². The van der Waals surface area contributed by atoms with Gasteiger partial charge in [-0.3, -0.25) is 9.59 Å². The third kappa shape index (κ3) is 4.83. The lowest BCUT2D eigenvalue weighted by Crippen LogP contribution is -2.35. The molecule has 1 unspecified atom stereocenters. The van der Waals surface area contributed by atoms with E-state index in [0.717, 1.165) is 0 Å². The molecule has 1 aromatic rings. The second-order valence-corrected chi connectivity index (χ2v) is 4.85. The summed E-state index contributed by atoms with van der Waals surface area (Å²) in [6.45, 7) is 1.62. The molecule has 0 saturated heterocycles. The van der Waals surface area contributed by atoms with E-state index in [9.17, 15) is 14.0 Å². The predicted octanol–water partition coefficient (Wildman–Crippen LogP) is 2.11. The molecule has 1 amide bonds. The van der Waals surface area contributed by atoms with Crippen LogP contribution >= 0.6 is 15.9 Å².